The molecule has 0 radical (unpaired) electrons. The fraction of sp³-hybridized carbons (Fsp3) is 0.857. The molecule has 0 aromatic carbocycles. The van der Waals surface area contributed by atoms with Crippen LogP contribution in [-0.4, -0.2) is 63.5 Å². The monoisotopic (exact) mass is 207 g/mol. The quantitative estimate of drug-likeness (QED) is 0.323. The summed E-state index contributed by atoms with van der Waals surface area (Å²) in [6.45, 7) is -0.505. The largest absolute Gasteiger partial charge is 0.479 e. The Morgan fingerprint density at radius 3 is 2.36 bits per heavy atom. The second-order valence-electron chi connectivity index (χ2n) is 3.17. The van der Waals surface area contributed by atoms with Crippen LogP contribution in [0.2, 0.25) is 0 Å². The number of carbonyl (C=O) groups is 1. The van der Waals surface area contributed by atoms with Gasteiger partial charge in [0.15, 0.2) is 6.10 Å². The molecule has 5 atom stereocenters. The molecule has 14 heavy (non-hydrogen) atoms. The van der Waals surface area contributed by atoms with Gasteiger partial charge in [-0.15, -0.1) is 0 Å². The minimum Gasteiger partial charge on any atom is -0.479 e. The first-order valence-corrected chi connectivity index (χ1v) is 4.10. The Hall–Kier alpha value is -0.730. The lowest BCUT2D eigenvalue weighted by Gasteiger charge is -2.38. The Balaban J connectivity index is 2.78. The van der Waals surface area contributed by atoms with Crippen LogP contribution in [0, 0.1) is 0 Å². The van der Waals surface area contributed by atoms with E-state index in [2.05, 4.69) is 0 Å². The van der Waals surface area contributed by atoms with Crippen LogP contribution in [-0.2, 0) is 9.53 Å². The summed E-state index contributed by atoms with van der Waals surface area (Å²) in [6.07, 6.45) is -5.52. The molecule has 1 aliphatic rings. The van der Waals surface area contributed by atoms with Crippen molar-refractivity contribution in [1.29, 1.82) is 0 Å². The number of hydrogen-bond donors (Lipinski definition) is 5. The summed E-state index contributed by atoms with van der Waals surface area (Å²) in [5.41, 5.74) is 5.40. The highest BCUT2D eigenvalue weighted by Gasteiger charge is 2.45. The zero-order valence-electron chi connectivity index (χ0n) is 7.28. The molecule has 1 aliphatic heterocycles. The molecule has 7 heteroatoms. The van der Waals surface area contributed by atoms with E-state index in [1.807, 2.05) is 0 Å². The lowest BCUT2D eigenvalue weighted by atomic mass is 9.94. The van der Waals surface area contributed by atoms with Crippen LogP contribution < -0.4 is 5.73 Å². The first kappa shape index (κ1) is 11.3. The SMILES string of the molecule is NC1[C@@H](CO)O[C@@H](C(=O)O)[C@H](O)[C@H]1O. The summed E-state index contributed by atoms with van der Waals surface area (Å²) in [5.74, 6) is -1.40. The van der Waals surface area contributed by atoms with Crippen molar-refractivity contribution in [3.63, 3.8) is 0 Å². The zero-order valence-corrected chi connectivity index (χ0v) is 7.28. The average molecular weight is 207 g/mol. The highest BCUT2D eigenvalue weighted by atomic mass is 16.5. The lowest BCUT2D eigenvalue weighted by Crippen LogP contribution is -2.63. The van der Waals surface area contributed by atoms with E-state index in [-0.39, 0.29) is 0 Å². The highest BCUT2D eigenvalue weighted by Crippen LogP contribution is 2.19. The van der Waals surface area contributed by atoms with Gasteiger partial charge in [-0.2, -0.15) is 0 Å². The fourth-order valence-corrected chi connectivity index (χ4v) is 1.36. The molecule has 1 heterocycles. The fourth-order valence-electron chi connectivity index (χ4n) is 1.36. The van der Waals surface area contributed by atoms with Crippen molar-refractivity contribution >= 4 is 5.97 Å². The average Bonchev–Trinajstić information content (AvgIpc) is 2.14. The van der Waals surface area contributed by atoms with Gasteiger partial charge in [0.25, 0.3) is 0 Å². The number of hydrogen-bond acceptors (Lipinski definition) is 6. The minimum absolute atomic E-state index is 0.505. The van der Waals surface area contributed by atoms with Gasteiger partial charge in [-0.3, -0.25) is 0 Å². The van der Waals surface area contributed by atoms with Gasteiger partial charge in [0.2, 0.25) is 0 Å². The van der Waals surface area contributed by atoms with Crippen molar-refractivity contribution in [2.45, 2.75) is 30.5 Å². The number of rotatable bonds is 2. The molecule has 82 valence electrons. The van der Waals surface area contributed by atoms with Crippen LogP contribution in [0.1, 0.15) is 0 Å². The molecule has 0 bridgehead atoms. The Morgan fingerprint density at radius 2 is 1.93 bits per heavy atom. The lowest BCUT2D eigenvalue weighted by molar-refractivity contribution is -0.203. The van der Waals surface area contributed by atoms with Gasteiger partial charge < -0.3 is 30.9 Å². The van der Waals surface area contributed by atoms with E-state index in [0.29, 0.717) is 0 Å². The smallest absolute Gasteiger partial charge is 0.335 e. The third-order valence-electron chi connectivity index (χ3n) is 2.23. The van der Waals surface area contributed by atoms with Crippen LogP contribution >= 0.6 is 0 Å². The second-order valence-corrected chi connectivity index (χ2v) is 3.17. The van der Waals surface area contributed by atoms with Crippen molar-refractivity contribution in [2.24, 2.45) is 5.73 Å². The van der Waals surface area contributed by atoms with E-state index < -0.39 is 43.0 Å². The van der Waals surface area contributed by atoms with Crippen LogP contribution in [0.3, 0.4) is 0 Å². The summed E-state index contributed by atoms with van der Waals surface area (Å²) >= 11 is 0. The maximum Gasteiger partial charge on any atom is 0.335 e. The Morgan fingerprint density at radius 1 is 1.36 bits per heavy atom. The van der Waals surface area contributed by atoms with Gasteiger partial charge in [-0.25, -0.2) is 4.79 Å². The Kier molecular flexibility index (Phi) is 3.40. The number of aliphatic hydroxyl groups is 3. The predicted octanol–water partition coefficient (Wildman–Crippen LogP) is -3.12. The Bertz CT molecular complexity index is 220. The number of aliphatic carboxylic acids is 1. The van der Waals surface area contributed by atoms with Crippen molar-refractivity contribution in [1.82, 2.24) is 0 Å². The molecule has 0 spiro atoms. The summed E-state index contributed by atoms with van der Waals surface area (Å²) in [6, 6.07) is -0.995. The van der Waals surface area contributed by atoms with Gasteiger partial charge in [0, 0.05) is 0 Å². The second kappa shape index (κ2) is 4.20. The van der Waals surface area contributed by atoms with Crippen LogP contribution in [0.25, 0.3) is 0 Å². The Labute approximate surface area is 79.7 Å². The number of ether oxygens (including phenoxy) is 1. The molecule has 0 amide bonds. The topological polar surface area (TPSA) is 133 Å². The van der Waals surface area contributed by atoms with Gasteiger partial charge >= 0.3 is 5.97 Å². The van der Waals surface area contributed by atoms with Gasteiger partial charge in [-0.1, -0.05) is 0 Å². The summed E-state index contributed by atoms with van der Waals surface area (Å²) < 4.78 is 4.81. The first-order chi connectivity index (χ1) is 6.49. The van der Waals surface area contributed by atoms with Crippen molar-refractivity contribution in [2.75, 3.05) is 6.61 Å². The molecule has 1 unspecified atom stereocenters. The molecular formula is C7H13NO6. The number of aliphatic hydroxyl groups excluding tert-OH is 3. The summed E-state index contributed by atoms with van der Waals surface area (Å²) in [5, 5.41) is 36.0. The van der Waals surface area contributed by atoms with E-state index >= 15 is 0 Å². The molecule has 0 aromatic heterocycles. The van der Waals surface area contributed by atoms with Crippen molar-refractivity contribution in [3.05, 3.63) is 0 Å². The standard InChI is InChI=1S/C7H13NO6/c8-3-2(1-9)14-6(7(12)13)5(11)4(3)10/h2-6,9-11H,1,8H2,(H,12,13)/t2-,3?,4+,5-,6-/m1/s1. The van der Waals surface area contributed by atoms with Crippen molar-refractivity contribution < 1.29 is 30.0 Å². The van der Waals surface area contributed by atoms with Crippen LogP contribution in [0.4, 0.5) is 0 Å². The number of nitrogens with two attached hydrogens (primary N) is 1. The van der Waals surface area contributed by atoms with E-state index in [1.165, 1.54) is 0 Å². The molecule has 6 N–H and O–H groups in total. The maximum atomic E-state index is 10.6. The summed E-state index contributed by atoms with van der Waals surface area (Å²) in [4.78, 5) is 10.6. The number of carboxylic acid groups (broad SMARTS) is 1. The van der Waals surface area contributed by atoms with Gasteiger partial charge in [-0.05, 0) is 0 Å². The third kappa shape index (κ3) is 1.86. The van der Waals surface area contributed by atoms with E-state index in [1.54, 1.807) is 0 Å². The van der Waals surface area contributed by atoms with Crippen LogP contribution in [0.5, 0.6) is 0 Å². The molecule has 0 aliphatic carbocycles. The first-order valence-electron chi connectivity index (χ1n) is 4.10. The van der Waals surface area contributed by atoms with E-state index in [0.717, 1.165) is 0 Å². The van der Waals surface area contributed by atoms with Crippen molar-refractivity contribution in [3.8, 4) is 0 Å². The number of carboxylic acids is 1. The molecule has 0 saturated carbocycles. The maximum absolute atomic E-state index is 10.6. The molecule has 7 nitrogen and oxygen atoms in total. The molecule has 1 fully saturated rings. The zero-order chi connectivity index (χ0) is 10.9. The molecule has 0 aromatic rings. The normalized spacial score (nSPS) is 43.6. The van der Waals surface area contributed by atoms with E-state index in [9.17, 15) is 15.0 Å². The predicted molar refractivity (Wildman–Crippen MR) is 43.4 cm³/mol. The third-order valence-corrected chi connectivity index (χ3v) is 2.23. The summed E-state index contributed by atoms with van der Waals surface area (Å²) in [7, 11) is 0. The van der Waals surface area contributed by atoms with Gasteiger partial charge in [0.1, 0.15) is 12.2 Å². The van der Waals surface area contributed by atoms with E-state index in [4.69, 9.17) is 20.7 Å². The molecule has 1 rings (SSSR count). The highest BCUT2D eigenvalue weighted by molar-refractivity contribution is 5.73. The van der Waals surface area contributed by atoms with Crippen LogP contribution in [0.15, 0.2) is 0 Å². The van der Waals surface area contributed by atoms with Gasteiger partial charge in [0.05, 0.1) is 18.8 Å². The minimum atomic E-state index is -1.58. The molecular weight excluding hydrogens is 194 g/mol. The molecule has 1 saturated heterocycles.